The lowest BCUT2D eigenvalue weighted by molar-refractivity contribution is 0.532. The first-order valence-corrected chi connectivity index (χ1v) is 5.75. The van der Waals surface area contributed by atoms with Crippen LogP contribution in [-0.4, -0.2) is 24.5 Å². The van der Waals surface area contributed by atoms with Crippen LogP contribution < -0.4 is 0 Å². The van der Waals surface area contributed by atoms with Crippen molar-refractivity contribution in [2.75, 3.05) is 0 Å². The zero-order valence-corrected chi connectivity index (χ0v) is 10.5. The summed E-state index contributed by atoms with van der Waals surface area (Å²) < 4.78 is 4.44. The number of nitrogens with zero attached hydrogens (tertiary/aromatic N) is 4. The van der Waals surface area contributed by atoms with Crippen LogP contribution in [0.5, 0.6) is 0 Å². The lowest BCUT2D eigenvalue weighted by Gasteiger charge is -2.04. The second kappa shape index (κ2) is 4.21. The van der Waals surface area contributed by atoms with Gasteiger partial charge in [-0.1, -0.05) is 6.92 Å². The van der Waals surface area contributed by atoms with E-state index in [0.29, 0.717) is 10.8 Å². The highest BCUT2D eigenvalue weighted by atomic mass is 32.1. The molecule has 0 amide bonds. The molecule has 0 saturated carbocycles. The van der Waals surface area contributed by atoms with Gasteiger partial charge >= 0.3 is 0 Å². The molecular weight excluding hydrogens is 222 g/mol. The monoisotopic (exact) mass is 237 g/mol. The van der Waals surface area contributed by atoms with Crippen LogP contribution in [0.1, 0.15) is 32.6 Å². The first kappa shape index (κ1) is 11.1. The lowest BCUT2D eigenvalue weighted by Crippen LogP contribution is -2.01. The zero-order valence-electron chi connectivity index (χ0n) is 9.64. The highest BCUT2D eigenvalue weighted by Crippen LogP contribution is 2.12. The zero-order chi connectivity index (χ0) is 11.7. The van der Waals surface area contributed by atoms with E-state index in [1.807, 2.05) is 28.6 Å². The smallest absolute Gasteiger partial charge is 0.199 e. The number of rotatable bonds is 3. The SMILES string of the molecule is CCc1n[nH]c(=S)n1-c1cnn(C(C)C)c1. The molecule has 0 spiro atoms. The van der Waals surface area contributed by atoms with Gasteiger partial charge in [0.15, 0.2) is 4.77 Å². The van der Waals surface area contributed by atoms with E-state index in [1.165, 1.54) is 0 Å². The molecule has 0 aromatic carbocycles. The summed E-state index contributed by atoms with van der Waals surface area (Å²) in [5.74, 6) is 0.924. The van der Waals surface area contributed by atoms with Gasteiger partial charge in [-0.05, 0) is 26.1 Å². The minimum Gasteiger partial charge on any atom is -0.269 e. The Morgan fingerprint density at radius 1 is 1.50 bits per heavy atom. The summed E-state index contributed by atoms with van der Waals surface area (Å²) in [7, 11) is 0. The molecule has 0 saturated heterocycles. The molecule has 2 rings (SSSR count). The average Bonchev–Trinajstić information content (AvgIpc) is 2.83. The van der Waals surface area contributed by atoms with Crippen molar-refractivity contribution in [2.24, 2.45) is 0 Å². The number of aromatic nitrogens is 5. The Morgan fingerprint density at radius 3 is 2.81 bits per heavy atom. The van der Waals surface area contributed by atoms with E-state index in [9.17, 15) is 0 Å². The van der Waals surface area contributed by atoms with Crippen molar-refractivity contribution < 1.29 is 0 Å². The van der Waals surface area contributed by atoms with E-state index in [1.54, 1.807) is 0 Å². The second-order valence-electron chi connectivity index (χ2n) is 3.91. The largest absolute Gasteiger partial charge is 0.269 e. The molecule has 6 heteroatoms. The molecule has 0 aliphatic rings. The Kier molecular flexibility index (Phi) is 2.91. The van der Waals surface area contributed by atoms with Crippen molar-refractivity contribution in [3.05, 3.63) is 23.0 Å². The van der Waals surface area contributed by atoms with Crippen molar-refractivity contribution in [1.29, 1.82) is 0 Å². The maximum absolute atomic E-state index is 5.20. The quantitative estimate of drug-likeness (QED) is 0.833. The highest BCUT2D eigenvalue weighted by molar-refractivity contribution is 7.71. The van der Waals surface area contributed by atoms with Crippen LogP contribution >= 0.6 is 12.2 Å². The Labute approximate surface area is 99.1 Å². The third kappa shape index (κ3) is 1.80. The molecule has 0 unspecified atom stereocenters. The number of nitrogens with one attached hydrogen (secondary N) is 1. The van der Waals surface area contributed by atoms with Crippen LogP contribution in [0.2, 0.25) is 0 Å². The predicted octanol–water partition coefficient (Wildman–Crippen LogP) is 2.27. The molecular formula is C10H15N5S. The molecule has 2 aromatic heterocycles. The molecule has 0 aliphatic carbocycles. The molecule has 16 heavy (non-hydrogen) atoms. The van der Waals surface area contributed by atoms with Gasteiger partial charge in [-0.3, -0.25) is 14.3 Å². The summed E-state index contributed by atoms with van der Waals surface area (Å²) in [6.45, 7) is 6.23. The van der Waals surface area contributed by atoms with E-state index < -0.39 is 0 Å². The van der Waals surface area contributed by atoms with E-state index in [0.717, 1.165) is 17.9 Å². The summed E-state index contributed by atoms with van der Waals surface area (Å²) in [6.07, 6.45) is 4.62. The molecule has 0 bridgehead atoms. The van der Waals surface area contributed by atoms with Crippen molar-refractivity contribution in [3.63, 3.8) is 0 Å². The molecule has 86 valence electrons. The second-order valence-corrected chi connectivity index (χ2v) is 4.29. The third-order valence-corrected chi connectivity index (χ3v) is 2.71. The molecule has 2 aromatic rings. The molecule has 0 radical (unpaired) electrons. The number of aryl methyl sites for hydroxylation is 1. The average molecular weight is 237 g/mol. The topological polar surface area (TPSA) is 51.4 Å². The lowest BCUT2D eigenvalue weighted by atomic mass is 10.4. The summed E-state index contributed by atoms with van der Waals surface area (Å²) in [5.41, 5.74) is 0.962. The van der Waals surface area contributed by atoms with Crippen LogP contribution in [0.4, 0.5) is 0 Å². The highest BCUT2D eigenvalue weighted by Gasteiger charge is 2.09. The van der Waals surface area contributed by atoms with Gasteiger partial charge in [0.1, 0.15) is 5.82 Å². The van der Waals surface area contributed by atoms with Gasteiger partial charge in [-0.2, -0.15) is 10.2 Å². The number of hydrogen-bond donors (Lipinski definition) is 1. The Balaban J connectivity index is 2.50. The van der Waals surface area contributed by atoms with Gasteiger partial charge in [0.25, 0.3) is 0 Å². The normalized spacial score (nSPS) is 11.2. The molecule has 1 N–H and O–H groups in total. The van der Waals surface area contributed by atoms with Crippen LogP contribution in [-0.2, 0) is 6.42 Å². The molecule has 0 atom stereocenters. The number of H-pyrrole nitrogens is 1. The van der Waals surface area contributed by atoms with Crippen LogP contribution in [0.15, 0.2) is 12.4 Å². The van der Waals surface area contributed by atoms with Crippen LogP contribution in [0.3, 0.4) is 0 Å². The molecule has 0 aliphatic heterocycles. The standard InChI is InChI=1S/C10H15N5S/c1-4-9-12-13-10(16)15(9)8-5-11-14(6-8)7(2)3/h5-7H,4H2,1-3H3,(H,13,16). The summed E-state index contributed by atoms with van der Waals surface area (Å²) in [6, 6.07) is 0.347. The fourth-order valence-corrected chi connectivity index (χ4v) is 1.82. The predicted molar refractivity (Wildman–Crippen MR) is 64.3 cm³/mol. The first-order valence-electron chi connectivity index (χ1n) is 5.34. The molecule has 5 nitrogen and oxygen atoms in total. The van der Waals surface area contributed by atoms with Gasteiger partial charge < -0.3 is 0 Å². The van der Waals surface area contributed by atoms with Gasteiger partial charge in [0.2, 0.25) is 0 Å². The van der Waals surface area contributed by atoms with E-state index in [2.05, 4.69) is 29.1 Å². The minimum atomic E-state index is 0.347. The van der Waals surface area contributed by atoms with Gasteiger partial charge in [-0.15, -0.1) is 0 Å². The van der Waals surface area contributed by atoms with Crippen LogP contribution in [0.25, 0.3) is 5.69 Å². The molecule has 0 fully saturated rings. The maximum atomic E-state index is 5.20. The Hall–Kier alpha value is -1.43. The fraction of sp³-hybridized carbons (Fsp3) is 0.500. The summed E-state index contributed by atoms with van der Waals surface area (Å²) >= 11 is 5.20. The van der Waals surface area contributed by atoms with Gasteiger partial charge in [-0.25, -0.2) is 0 Å². The fourth-order valence-electron chi connectivity index (χ4n) is 1.56. The number of hydrogen-bond acceptors (Lipinski definition) is 3. The van der Waals surface area contributed by atoms with E-state index in [4.69, 9.17) is 12.2 Å². The van der Waals surface area contributed by atoms with Gasteiger partial charge in [0, 0.05) is 18.7 Å². The first-order chi connectivity index (χ1) is 7.63. The van der Waals surface area contributed by atoms with Crippen molar-refractivity contribution in [1.82, 2.24) is 24.5 Å². The van der Waals surface area contributed by atoms with Gasteiger partial charge in [0.05, 0.1) is 11.9 Å². The Morgan fingerprint density at radius 2 is 2.25 bits per heavy atom. The maximum Gasteiger partial charge on any atom is 0.199 e. The van der Waals surface area contributed by atoms with Crippen molar-refractivity contribution >= 4 is 12.2 Å². The van der Waals surface area contributed by atoms with E-state index in [-0.39, 0.29) is 0 Å². The summed E-state index contributed by atoms with van der Waals surface area (Å²) in [4.78, 5) is 0. The number of aromatic amines is 1. The van der Waals surface area contributed by atoms with Crippen molar-refractivity contribution in [2.45, 2.75) is 33.2 Å². The third-order valence-electron chi connectivity index (χ3n) is 2.43. The van der Waals surface area contributed by atoms with E-state index >= 15 is 0 Å². The minimum absolute atomic E-state index is 0.347. The summed E-state index contributed by atoms with van der Waals surface area (Å²) in [5, 5.41) is 11.3. The van der Waals surface area contributed by atoms with Crippen molar-refractivity contribution in [3.8, 4) is 5.69 Å². The Bertz CT molecular complexity index is 533. The molecule has 2 heterocycles. The van der Waals surface area contributed by atoms with Crippen LogP contribution in [0, 0.1) is 4.77 Å².